The van der Waals surface area contributed by atoms with Crippen LogP contribution >= 0.6 is 23.7 Å². The van der Waals surface area contributed by atoms with Gasteiger partial charge >= 0.3 is 5.97 Å². The molecule has 1 aliphatic heterocycles. The second-order valence-electron chi connectivity index (χ2n) is 5.37. The summed E-state index contributed by atoms with van der Waals surface area (Å²) in [4.78, 5) is 26.2. The van der Waals surface area contributed by atoms with Crippen LogP contribution in [0.15, 0.2) is 11.4 Å². The molecule has 1 aliphatic rings. The van der Waals surface area contributed by atoms with E-state index in [9.17, 15) is 9.59 Å². The van der Waals surface area contributed by atoms with Gasteiger partial charge in [0.15, 0.2) is 0 Å². The van der Waals surface area contributed by atoms with Crippen LogP contribution < -0.4 is 10.6 Å². The number of piperazine rings is 1. The Bertz CT molecular complexity index is 513. The van der Waals surface area contributed by atoms with E-state index in [1.54, 1.807) is 11.4 Å². The zero-order valence-electron chi connectivity index (χ0n) is 12.9. The number of anilines is 1. The van der Waals surface area contributed by atoms with Gasteiger partial charge in [-0.15, -0.1) is 23.7 Å². The van der Waals surface area contributed by atoms with Crippen molar-refractivity contribution in [3.63, 3.8) is 0 Å². The number of esters is 1. The monoisotopic (exact) mass is 347 g/mol. The number of methoxy groups -OCH3 is 1. The first kappa shape index (κ1) is 18.9. The SMILES string of the molecule is COC(=O)c1sccc1NC(=O)CN1CC(C)NC(C)C1.Cl. The maximum Gasteiger partial charge on any atom is 0.350 e. The predicted molar refractivity (Wildman–Crippen MR) is 90.0 cm³/mol. The number of hydrogen-bond donors (Lipinski definition) is 2. The molecule has 2 unspecified atom stereocenters. The quantitative estimate of drug-likeness (QED) is 0.809. The van der Waals surface area contributed by atoms with Gasteiger partial charge in [-0.25, -0.2) is 4.79 Å². The Kier molecular flexibility index (Phi) is 7.28. The van der Waals surface area contributed by atoms with E-state index >= 15 is 0 Å². The molecule has 124 valence electrons. The molecule has 0 aliphatic carbocycles. The van der Waals surface area contributed by atoms with Crippen molar-refractivity contribution in [3.05, 3.63) is 16.3 Å². The Hall–Kier alpha value is -1.15. The molecule has 0 radical (unpaired) electrons. The van der Waals surface area contributed by atoms with Crippen molar-refractivity contribution in [3.8, 4) is 0 Å². The van der Waals surface area contributed by atoms with Crippen LogP contribution in [0.3, 0.4) is 0 Å². The second kappa shape index (κ2) is 8.47. The van der Waals surface area contributed by atoms with Crippen LogP contribution in [0, 0.1) is 0 Å². The average molecular weight is 348 g/mol. The summed E-state index contributed by atoms with van der Waals surface area (Å²) in [6.07, 6.45) is 0. The summed E-state index contributed by atoms with van der Waals surface area (Å²) >= 11 is 1.26. The molecule has 22 heavy (non-hydrogen) atoms. The number of halogens is 1. The van der Waals surface area contributed by atoms with Crippen LogP contribution in [0.4, 0.5) is 5.69 Å². The highest BCUT2D eigenvalue weighted by Gasteiger charge is 2.23. The first-order chi connectivity index (χ1) is 9.99. The first-order valence-corrected chi connectivity index (χ1v) is 7.81. The molecule has 2 heterocycles. The van der Waals surface area contributed by atoms with E-state index in [0.29, 0.717) is 29.2 Å². The van der Waals surface area contributed by atoms with Crippen LogP contribution in [0.1, 0.15) is 23.5 Å². The van der Waals surface area contributed by atoms with E-state index in [0.717, 1.165) is 13.1 Å². The normalized spacial score (nSPS) is 21.8. The Morgan fingerprint density at radius 2 is 2.05 bits per heavy atom. The van der Waals surface area contributed by atoms with Gasteiger partial charge in [0.25, 0.3) is 0 Å². The van der Waals surface area contributed by atoms with Crippen LogP contribution in [0.5, 0.6) is 0 Å². The fourth-order valence-corrected chi connectivity index (χ4v) is 3.39. The van der Waals surface area contributed by atoms with Crippen molar-refractivity contribution in [1.82, 2.24) is 10.2 Å². The summed E-state index contributed by atoms with van der Waals surface area (Å²) < 4.78 is 4.70. The molecule has 0 aromatic carbocycles. The Morgan fingerprint density at radius 1 is 1.41 bits per heavy atom. The third-order valence-electron chi connectivity index (χ3n) is 3.31. The number of hydrogen-bond acceptors (Lipinski definition) is 6. The van der Waals surface area contributed by atoms with E-state index in [1.807, 2.05) is 0 Å². The van der Waals surface area contributed by atoms with E-state index in [-0.39, 0.29) is 18.3 Å². The highest BCUT2D eigenvalue weighted by molar-refractivity contribution is 7.12. The predicted octanol–water partition coefficient (Wildman–Crippen LogP) is 1.58. The zero-order chi connectivity index (χ0) is 15.4. The van der Waals surface area contributed by atoms with Crippen molar-refractivity contribution in [2.45, 2.75) is 25.9 Å². The van der Waals surface area contributed by atoms with E-state index in [4.69, 9.17) is 4.74 Å². The zero-order valence-corrected chi connectivity index (χ0v) is 14.6. The van der Waals surface area contributed by atoms with Gasteiger partial charge in [-0.05, 0) is 25.3 Å². The summed E-state index contributed by atoms with van der Waals surface area (Å²) in [6.45, 7) is 6.22. The molecule has 2 rings (SSSR count). The lowest BCUT2D eigenvalue weighted by molar-refractivity contribution is -0.117. The van der Waals surface area contributed by atoms with E-state index in [1.165, 1.54) is 18.4 Å². The topological polar surface area (TPSA) is 70.7 Å². The van der Waals surface area contributed by atoms with Gasteiger partial charge in [-0.2, -0.15) is 0 Å². The third-order valence-corrected chi connectivity index (χ3v) is 4.20. The lowest BCUT2D eigenvalue weighted by atomic mass is 10.1. The molecular weight excluding hydrogens is 326 g/mol. The number of amides is 1. The van der Waals surface area contributed by atoms with Gasteiger partial charge in [0.2, 0.25) is 5.91 Å². The molecule has 0 spiro atoms. The summed E-state index contributed by atoms with van der Waals surface area (Å²) in [6, 6.07) is 2.46. The van der Waals surface area contributed by atoms with Gasteiger partial charge in [-0.3, -0.25) is 9.69 Å². The maximum atomic E-state index is 12.1. The highest BCUT2D eigenvalue weighted by Crippen LogP contribution is 2.23. The number of carbonyl (C=O) groups is 2. The first-order valence-electron chi connectivity index (χ1n) is 6.93. The molecule has 2 N–H and O–H groups in total. The molecule has 1 fully saturated rings. The Balaban J connectivity index is 0.00000242. The average Bonchev–Trinajstić information content (AvgIpc) is 2.84. The summed E-state index contributed by atoms with van der Waals surface area (Å²) in [7, 11) is 1.33. The smallest absolute Gasteiger partial charge is 0.350 e. The molecule has 2 atom stereocenters. The van der Waals surface area contributed by atoms with Crippen LogP contribution in [0.2, 0.25) is 0 Å². The van der Waals surface area contributed by atoms with Gasteiger partial charge in [-0.1, -0.05) is 0 Å². The van der Waals surface area contributed by atoms with Crippen LogP contribution in [-0.4, -0.2) is 55.6 Å². The number of thiophene rings is 1. The fourth-order valence-electron chi connectivity index (χ4n) is 2.62. The van der Waals surface area contributed by atoms with Gasteiger partial charge < -0.3 is 15.4 Å². The Morgan fingerprint density at radius 3 is 2.64 bits per heavy atom. The lowest BCUT2D eigenvalue weighted by Gasteiger charge is -2.35. The van der Waals surface area contributed by atoms with Gasteiger partial charge in [0.1, 0.15) is 4.88 Å². The molecule has 1 aromatic heterocycles. The summed E-state index contributed by atoms with van der Waals surface area (Å²) in [5.74, 6) is -0.537. The third kappa shape index (κ3) is 4.95. The molecule has 8 heteroatoms. The summed E-state index contributed by atoms with van der Waals surface area (Å²) in [5, 5.41) is 7.98. The fraction of sp³-hybridized carbons (Fsp3) is 0.571. The van der Waals surface area contributed by atoms with Crippen LogP contribution in [-0.2, 0) is 9.53 Å². The maximum absolute atomic E-state index is 12.1. The number of ether oxygens (including phenoxy) is 1. The van der Waals surface area contributed by atoms with Crippen LogP contribution in [0.25, 0.3) is 0 Å². The van der Waals surface area contributed by atoms with Gasteiger partial charge in [0, 0.05) is 25.2 Å². The molecule has 1 amide bonds. The number of nitrogens with one attached hydrogen (secondary N) is 2. The lowest BCUT2D eigenvalue weighted by Crippen LogP contribution is -2.55. The van der Waals surface area contributed by atoms with E-state index < -0.39 is 5.97 Å². The summed E-state index contributed by atoms with van der Waals surface area (Å²) in [5.41, 5.74) is 0.521. The van der Waals surface area contributed by atoms with Gasteiger partial charge in [0.05, 0.1) is 19.3 Å². The standard InChI is InChI=1S/C14H21N3O3S.ClH/c1-9-6-17(7-10(2)15-9)8-12(18)16-11-4-5-21-13(11)14(19)20-3;/h4-5,9-10,15H,6-8H2,1-3H3,(H,16,18);1H. The highest BCUT2D eigenvalue weighted by atomic mass is 35.5. The van der Waals surface area contributed by atoms with Crippen molar-refractivity contribution >= 4 is 41.3 Å². The minimum absolute atomic E-state index is 0. The molecular formula is C14H22ClN3O3S. The number of nitrogens with zero attached hydrogens (tertiary/aromatic N) is 1. The van der Waals surface area contributed by atoms with Crippen molar-refractivity contribution < 1.29 is 14.3 Å². The minimum Gasteiger partial charge on any atom is -0.465 e. The van der Waals surface area contributed by atoms with Crippen molar-refractivity contribution in [2.75, 3.05) is 32.1 Å². The molecule has 1 aromatic rings. The molecule has 0 saturated carbocycles. The molecule has 0 bridgehead atoms. The minimum atomic E-state index is -0.426. The number of rotatable bonds is 4. The molecule has 1 saturated heterocycles. The molecule has 6 nitrogen and oxygen atoms in total. The number of carbonyl (C=O) groups excluding carboxylic acids is 2. The Labute approximate surface area is 140 Å². The van der Waals surface area contributed by atoms with Crippen molar-refractivity contribution in [2.24, 2.45) is 0 Å². The second-order valence-corrected chi connectivity index (χ2v) is 6.28. The van der Waals surface area contributed by atoms with E-state index in [2.05, 4.69) is 29.4 Å². The largest absolute Gasteiger partial charge is 0.465 e. The van der Waals surface area contributed by atoms with Crippen molar-refractivity contribution in [1.29, 1.82) is 0 Å².